The lowest BCUT2D eigenvalue weighted by Crippen LogP contribution is -2.41. The van der Waals surface area contributed by atoms with Gasteiger partial charge >= 0.3 is 5.97 Å². The molecule has 128 valence electrons. The largest absolute Gasteiger partial charge is 0.480 e. The number of carboxylic acid groups (broad SMARTS) is 1. The summed E-state index contributed by atoms with van der Waals surface area (Å²) in [5.41, 5.74) is 1.87. The van der Waals surface area contributed by atoms with Crippen LogP contribution in [0.15, 0.2) is 42.9 Å². The molecule has 2 aromatic rings. The van der Waals surface area contributed by atoms with Crippen LogP contribution in [0.5, 0.6) is 0 Å². The van der Waals surface area contributed by atoms with Gasteiger partial charge in [0.15, 0.2) is 0 Å². The number of nitrogens with zero attached hydrogens (tertiary/aromatic N) is 2. The molecule has 2 N–H and O–H groups in total. The normalized spacial score (nSPS) is 11.9. The van der Waals surface area contributed by atoms with Crippen LogP contribution >= 0.6 is 0 Å². The number of aliphatic carboxylic acids is 1. The quantitative estimate of drug-likeness (QED) is 0.739. The number of imidazole rings is 1. The average molecular weight is 329 g/mol. The van der Waals surface area contributed by atoms with Crippen LogP contribution in [0, 0.1) is 0 Å². The molecule has 0 aliphatic rings. The summed E-state index contributed by atoms with van der Waals surface area (Å²) in [6, 6.07) is 9.06. The summed E-state index contributed by atoms with van der Waals surface area (Å²) in [5.74, 6) is -1.29. The molecule has 0 saturated heterocycles. The van der Waals surface area contributed by atoms with E-state index in [0.717, 1.165) is 24.1 Å². The van der Waals surface area contributed by atoms with Gasteiger partial charge < -0.3 is 15.0 Å². The molecular weight excluding hydrogens is 306 g/mol. The monoisotopic (exact) mass is 329 g/mol. The van der Waals surface area contributed by atoms with Gasteiger partial charge in [0.05, 0.1) is 12.7 Å². The number of benzene rings is 1. The standard InChI is InChI=1S/C18H23N3O3/c1-2-3-9-16(18(23)24)20-17(22)10-15-11-19-13-21(15)12-14-7-5-4-6-8-14/h4-8,11,13,16H,2-3,9-10,12H2,1H3,(H,20,22)(H,23,24). The van der Waals surface area contributed by atoms with E-state index in [1.807, 2.05) is 41.8 Å². The van der Waals surface area contributed by atoms with Crippen molar-refractivity contribution in [3.05, 3.63) is 54.1 Å². The first-order valence-electron chi connectivity index (χ1n) is 8.15. The van der Waals surface area contributed by atoms with Crippen molar-refractivity contribution in [1.82, 2.24) is 14.9 Å². The molecule has 24 heavy (non-hydrogen) atoms. The van der Waals surface area contributed by atoms with Crippen LogP contribution in [0.3, 0.4) is 0 Å². The highest BCUT2D eigenvalue weighted by molar-refractivity contribution is 5.84. The first-order chi connectivity index (χ1) is 11.6. The molecular formula is C18H23N3O3. The van der Waals surface area contributed by atoms with Gasteiger partial charge in [-0.3, -0.25) is 4.79 Å². The maximum atomic E-state index is 12.2. The van der Waals surface area contributed by atoms with Crippen LogP contribution in [-0.4, -0.2) is 32.6 Å². The Bertz CT molecular complexity index is 667. The zero-order valence-corrected chi connectivity index (χ0v) is 13.8. The lowest BCUT2D eigenvalue weighted by atomic mass is 10.1. The Balaban J connectivity index is 1.97. The van der Waals surface area contributed by atoms with Gasteiger partial charge in [0.1, 0.15) is 6.04 Å². The predicted octanol–water partition coefficient (Wildman–Crippen LogP) is 2.23. The van der Waals surface area contributed by atoms with E-state index in [4.69, 9.17) is 0 Å². The highest BCUT2D eigenvalue weighted by atomic mass is 16.4. The first kappa shape index (κ1) is 17.7. The molecule has 0 bridgehead atoms. The predicted molar refractivity (Wildman–Crippen MR) is 90.6 cm³/mol. The van der Waals surface area contributed by atoms with Crippen molar-refractivity contribution in [1.29, 1.82) is 0 Å². The molecule has 0 fully saturated rings. The number of carbonyl (C=O) groups is 2. The minimum absolute atomic E-state index is 0.114. The molecule has 1 heterocycles. The Hall–Kier alpha value is -2.63. The highest BCUT2D eigenvalue weighted by Gasteiger charge is 2.20. The van der Waals surface area contributed by atoms with Gasteiger partial charge in [0.2, 0.25) is 5.91 Å². The number of carbonyl (C=O) groups excluding carboxylic acids is 1. The summed E-state index contributed by atoms with van der Waals surface area (Å²) in [7, 11) is 0. The number of unbranched alkanes of at least 4 members (excludes halogenated alkanes) is 1. The molecule has 6 heteroatoms. The highest BCUT2D eigenvalue weighted by Crippen LogP contribution is 2.08. The Kier molecular flexibility index (Phi) is 6.54. The van der Waals surface area contributed by atoms with Gasteiger partial charge in [-0.1, -0.05) is 50.1 Å². The fourth-order valence-corrected chi connectivity index (χ4v) is 2.49. The second kappa shape index (κ2) is 8.86. The van der Waals surface area contributed by atoms with E-state index < -0.39 is 12.0 Å². The summed E-state index contributed by atoms with van der Waals surface area (Å²) < 4.78 is 1.90. The third-order valence-corrected chi connectivity index (χ3v) is 3.82. The van der Waals surface area contributed by atoms with E-state index in [1.165, 1.54) is 0 Å². The van der Waals surface area contributed by atoms with Crippen LogP contribution in [-0.2, 0) is 22.6 Å². The first-order valence-corrected chi connectivity index (χ1v) is 8.15. The van der Waals surface area contributed by atoms with Crippen LogP contribution in [0.25, 0.3) is 0 Å². The van der Waals surface area contributed by atoms with Gasteiger partial charge in [0.25, 0.3) is 0 Å². The van der Waals surface area contributed by atoms with Crippen molar-refractivity contribution in [2.75, 3.05) is 0 Å². The fraction of sp³-hybridized carbons (Fsp3) is 0.389. The second-order valence-electron chi connectivity index (χ2n) is 5.78. The smallest absolute Gasteiger partial charge is 0.326 e. The topological polar surface area (TPSA) is 84.2 Å². The molecule has 6 nitrogen and oxygen atoms in total. The van der Waals surface area contributed by atoms with Crippen LogP contribution in [0.1, 0.15) is 37.4 Å². The van der Waals surface area contributed by atoms with Crippen molar-refractivity contribution >= 4 is 11.9 Å². The van der Waals surface area contributed by atoms with E-state index >= 15 is 0 Å². The molecule has 0 saturated carbocycles. The number of rotatable bonds is 9. The molecule has 0 spiro atoms. The molecule has 1 atom stereocenters. The molecule has 2 rings (SSSR count). The maximum Gasteiger partial charge on any atom is 0.326 e. The van der Waals surface area contributed by atoms with Crippen LogP contribution in [0.4, 0.5) is 0 Å². The Morgan fingerprint density at radius 3 is 2.71 bits per heavy atom. The minimum atomic E-state index is -0.991. The van der Waals surface area contributed by atoms with Crippen molar-refractivity contribution < 1.29 is 14.7 Å². The minimum Gasteiger partial charge on any atom is -0.480 e. The van der Waals surface area contributed by atoms with Gasteiger partial charge in [-0.05, 0) is 12.0 Å². The summed E-state index contributed by atoms with van der Waals surface area (Å²) in [6.45, 7) is 2.62. The molecule has 1 aromatic heterocycles. The zero-order valence-electron chi connectivity index (χ0n) is 13.8. The third-order valence-electron chi connectivity index (χ3n) is 3.82. The summed E-state index contributed by atoms with van der Waals surface area (Å²) >= 11 is 0. The van der Waals surface area contributed by atoms with Gasteiger partial charge in [-0.15, -0.1) is 0 Å². The van der Waals surface area contributed by atoms with E-state index in [-0.39, 0.29) is 12.3 Å². The number of amides is 1. The molecule has 1 unspecified atom stereocenters. The van der Waals surface area contributed by atoms with Crippen molar-refractivity contribution in [3.8, 4) is 0 Å². The van der Waals surface area contributed by atoms with E-state index in [1.54, 1.807) is 12.5 Å². The Morgan fingerprint density at radius 1 is 1.29 bits per heavy atom. The van der Waals surface area contributed by atoms with E-state index in [9.17, 15) is 14.7 Å². The fourth-order valence-electron chi connectivity index (χ4n) is 2.49. The van der Waals surface area contributed by atoms with Crippen LogP contribution in [0.2, 0.25) is 0 Å². The molecule has 0 aliphatic carbocycles. The second-order valence-corrected chi connectivity index (χ2v) is 5.78. The summed E-state index contributed by atoms with van der Waals surface area (Å²) in [4.78, 5) is 27.5. The van der Waals surface area contributed by atoms with Gasteiger partial charge in [-0.2, -0.15) is 0 Å². The molecule has 1 amide bonds. The summed E-state index contributed by atoms with van der Waals surface area (Å²) in [6.07, 6.45) is 5.54. The molecule has 0 aliphatic heterocycles. The average Bonchev–Trinajstić information content (AvgIpc) is 2.99. The SMILES string of the molecule is CCCCC(NC(=O)Cc1cncn1Cc1ccccc1)C(=O)O. The van der Waals surface area contributed by atoms with Crippen molar-refractivity contribution in [2.45, 2.75) is 45.2 Å². The van der Waals surface area contributed by atoms with Crippen molar-refractivity contribution in [3.63, 3.8) is 0 Å². The third kappa shape index (κ3) is 5.22. The molecule has 0 radical (unpaired) electrons. The Morgan fingerprint density at radius 2 is 2.04 bits per heavy atom. The number of aromatic nitrogens is 2. The number of carboxylic acids is 1. The number of nitrogens with one attached hydrogen (secondary N) is 1. The van der Waals surface area contributed by atoms with E-state index in [2.05, 4.69) is 10.3 Å². The molecule has 1 aromatic carbocycles. The van der Waals surface area contributed by atoms with Gasteiger partial charge in [-0.25, -0.2) is 9.78 Å². The van der Waals surface area contributed by atoms with Crippen molar-refractivity contribution in [2.24, 2.45) is 0 Å². The number of hydrogen-bond acceptors (Lipinski definition) is 3. The lowest BCUT2D eigenvalue weighted by Gasteiger charge is -2.14. The maximum absolute atomic E-state index is 12.2. The summed E-state index contributed by atoms with van der Waals surface area (Å²) in [5, 5.41) is 11.8. The van der Waals surface area contributed by atoms with E-state index in [0.29, 0.717) is 13.0 Å². The van der Waals surface area contributed by atoms with Crippen LogP contribution < -0.4 is 5.32 Å². The van der Waals surface area contributed by atoms with Gasteiger partial charge in [0, 0.05) is 18.4 Å². The zero-order chi connectivity index (χ0) is 17.4. The lowest BCUT2D eigenvalue weighted by molar-refractivity contribution is -0.142. The number of hydrogen-bond donors (Lipinski definition) is 2. The Labute approximate surface area is 141 Å².